The van der Waals surface area contributed by atoms with Crippen LogP contribution >= 0.6 is 0 Å². The van der Waals surface area contributed by atoms with Gasteiger partial charge in [-0.1, -0.05) is 30.3 Å². The third-order valence-electron chi connectivity index (χ3n) is 2.65. The minimum absolute atomic E-state index is 0.214. The van der Waals surface area contributed by atoms with E-state index in [0.29, 0.717) is 13.0 Å². The first kappa shape index (κ1) is 15.2. The average molecular weight is 265 g/mol. The molecular formula is C14H19NO4. The van der Waals surface area contributed by atoms with Crippen LogP contribution in [0.3, 0.4) is 0 Å². The van der Waals surface area contributed by atoms with E-state index < -0.39 is 18.0 Å². The van der Waals surface area contributed by atoms with Gasteiger partial charge in [0.2, 0.25) is 5.91 Å². The molecule has 0 spiro atoms. The van der Waals surface area contributed by atoms with E-state index in [9.17, 15) is 14.7 Å². The molecule has 104 valence electrons. The lowest BCUT2D eigenvalue weighted by atomic mass is 9.98. The molecule has 1 unspecified atom stereocenters. The van der Waals surface area contributed by atoms with E-state index in [2.05, 4.69) is 5.32 Å². The minimum Gasteiger partial charge on any atom is -0.481 e. The van der Waals surface area contributed by atoms with E-state index in [1.54, 1.807) is 0 Å². The second-order valence-electron chi connectivity index (χ2n) is 4.83. The summed E-state index contributed by atoms with van der Waals surface area (Å²) in [5.41, 5.74) is -0.400. The maximum Gasteiger partial charge on any atom is 0.306 e. The second-order valence-corrected chi connectivity index (χ2v) is 4.83. The molecule has 0 saturated carbocycles. The Balaban J connectivity index is 2.30. The minimum atomic E-state index is -1.51. The maximum absolute atomic E-state index is 11.6. The molecule has 0 aliphatic carbocycles. The number of benzene rings is 1. The van der Waals surface area contributed by atoms with Gasteiger partial charge >= 0.3 is 5.97 Å². The molecule has 0 radical (unpaired) electrons. The number of carbonyl (C=O) groups excluding carboxylic acids is 1. The van der Waals surface area contributed by atoms with Crippen molar-refractivity contribution in [1.29, 1.82) is 0 Å². The normalized spacial score (nSPS) is 13.6. The first-order chi connectivity index (χ1) is 8.89. The van der Waals surface area contributed by atoms with Crippen molar-refractivity contribution in [2.45, 2.75) is 31.8 Å². The van der Waals surface area contributed by atoms with Crippen LogP contribution < -0.4 is 5.32 Å². The van der Waals surface area contributed by atoms with Gasteiger partial charge in [0, 0.05) is 6.54 Å². The van der Waals surface area contributed by atoms with Gasteiger partial charge in [0.05, 0.1) is 18.4 Å². The fourth-order valence-electron chi connectivity index (χ4n) is 1.79. The molecule has 1 aromatic rings. The summed E-state index contributed by atoms with van der Waals surface area (Å²) >= 11 is 0. The molecular weight excluding hydrogens is 246 g/mol. The Morgan fingerprint density at radius 3 is 2.42 bits per heavy atom. The van der Waals surface area contributed by atoms with Crippen LogP contribution in [0, 0.1) is 0 Å². The Morgan fingerprint density at radius 1 is 1.21 bits per heavy atom. The molecule has 0 aromatic heterocycles. The van der Waals surface area contributed by atoms with Gasteiger partial charge in [-0.05, 0) is 18.9 Å². The first-order valence-corrected chi connectivity index (χ1v) is 6.14. The van der Waals surface area contributed by atoms with E-state index in [1.807, 2.05) is 30.3 Å². The highest BCUT2D eigenvalue weighted by molar-refractivity contribution is 5.78. The van der Waals surface area contributed by atoms with Gasteiger partial charge in [-0.15, -0.1) is 0 Å². The van der Waals surface area contributed by atoms with Crippen molar-refractivity contribution >= 4 is 11.9 Å². The van der Waals surface area contributed by atoms with Gasteiger partial charge in [-0.2, -0.15) is 0 Å². The topological polar surface area (TPSA) is 86.6 Å². The number of aliphatic carboxylic acids is 1. The first-order valence-electron chi connectivity index (χ1n) is 6.14. The lowest BCUT2D eigenvalue weighted by molar-refractivity contribution is -0.143. The summed E-state index contributed by atoms with van der Waals surface area (Å²) in [5, 5.41) is 21.0. The highest BCUT2D eigenvalue weighted by atomic mass is 16.4. The van der Waals surface area contributed by atoms with E-state index in [-0.39, 0.29) is 12.3 Å². The van der Waals surface area contributed by atoms with Crippen LogP contribution in [0.5, 0.6) is 0 Å². The number of carboxylic acids is 1. The second kappa shape index (κ2) is 6.89. The van der Waals surface area contributed by atoms with E-state index in [0.717, 1.165) is 5.56 Å². The number of nitrogens with one attached hydrogen (secondary N) is 1. The van der Waals surface area contributed by atoms with Crippen LogP contribution in [-0.4, -0.2) is 34.2 Å². The Hall–Kier alpha value is -1.88. The van der Waals surface area contributed by atoms with Crippen LogP contribution in [0.1, 0.15) is 25.3 Å². The zero-order valence-electron chi connectivity index (χ0n) is 10.9. The lowest BCUT2D eigenvalue weighted by Crippen LogP contribution is -2.36. The summed E-state index contributed by atoms with van der Waals surface area (Å²) in [6.45, 7) is 1.81. The summed E-state index contributed by atoms with van der Waals surface area (Å²) in [6, 6.07) is 9.70. The SMILES string of the molecule is CC(O)(CC(=O)O)CC(=O)NCCc1ccccc1. The van der Waals surface area contributed by atoms with Gasteiger partial charge in [0.1, 0.15) is 0 Å². The maximum atomic E-state index is 11.6. The van der Waals surface area contributed by atoms with E-state index >= 15 is 0 Å². The van der Waals surface area contributed by atoms with Crippen molar-refractivity contribution in [3.63, 3.8) is 0 Å². The number of carboxylic acid groups (broad SMARTS) is 1. The highest BCUT2D eigenvalue weighted by Gasteiger charge is 2.27. The quantitative estimate of drug-likeness (QED) is 0.685. The number of carbonyl (C=O) groups is 2. The molecule has 0 aliphatic heterocycles. The molecule has 19 heavy (non-hydrogen) atoms. The van der Waals surface area contributed by atoms with E-state index in [1.165, 1.54) is 6.92 Å². The van der Waals surface area contributed by atoms with Gasteiger partial charge < -0.3 is 15.5 Å². The molecule has 1 rings (SSSR count). The molecule has 1 atom stereocenters. The Kier molecular flexibility index (Phi) is 5.51. The summed E-state index contributed by atoms with van der Waals surface area (Å²) in [4.78, 5) is 22.1. The van der Waals surface area contributed by atoms with Gasteiger partial charge in [-0.3, -0.25) is 9.59 Å². The third kappa shape index (κ3) is 6.57. The number of aliphatic hydroxyl groups is 1. The zero-order chi connectivity index (χ0) is 14.3. The molecule has 0 bridgehead atoms. The van der Waals surface area contributed by atoms with Crippen LogP contribution in [0.15, 0.2) is 30.3 Å². The Morgan fingerprint density at radius 2 is 1.84 bits per heavy atom. The summed E-state index contributed by atoms with van der Waals surface area (Å²) in [6.07, 6.45) is 0.0425. The fraction of sp³-hybridized carbons (Fsp3) is 0.429. The number of hydrogen-bond acceptors (Lipinski definition) is 3. The third-order valence-corrected chi connectivity index (χ3v) is 2.65. The monoisotopic (exact) mass is 265 g/mol. The standard InChI is InChI=1S/C14H19NO4/c1-14(19,10-13(17)18)9-12(16)15-8-7-11-5-3-2-4-6-11/h2-6,19H,7-10H2,1H3,(H,15,16)(H,17,18). The van der Waals surface area contributed by atoms with Crippen molar-refractivity contribution in [2.24, 2.45) is 0 Å². The van der Waals surface area contributed by atoms with Crippen molar-refractivity contribution in [3.05, 3.63) is 35.9 Å². The van der Waals surface area contributed by atoms with E-state index in [4.69, 9.17) is 5.11 Å². The molecule has 0 aliphatic rings. The van der Waals surface area contributed by atoms with Crippen LogP contribution in [0.4, 0.5) is 0 Å². The summed E-state index contributed by atoms with van der Waals surface area (Å²) in [5.74, 6) is -1.47. The van der Waals surface area contributed by atoms with Crippen LogP contribution in [-0.2, 0) is 16.0 Å². The van der Waals surface area contributed by atoms with Crippen LogP contribution in [0.25, 0.3) is 0 Å². The average Bonchev–Trinajstić information content (AvgIpc) is 2.27. The Labute approximate surface area is 112 Å². The summed E-state index contributed by atoms with van der Waals surface area (Å²) in [7, 11) is 0. The fourth-order valence-corrected chi connectivity index (χ4v) is 1.79. The number of rotatable bonds is 7. The number of amides is 1. The van der Waals surface area contributed by atoms with Crippen molar-refractivity contribution in [1.82, 2.24) is 5.32 Å². The molecule has 3 N–H and O–H groups in total. The van der Waals surface area contributed by atoms with Crippen molar-refractivity contribution < 1.29 is 19.8 Å². The predicted octanol–water partition coefficient (Wildman–Crippen LogP) is 0.961. The van der Waals surface area contributed by atoms with Gasteiger partial charge in [0.25, 0.3) is 0 Å². The molecule has 0 heterocycles. The lowest BCUT2D eigenvalue weighted by Gasteiger charge is -2.20. The smallest absolute Gasteiger partial charge is 0.306 e. The molecule has 5 nitrogen and oxygen atoms in total. The van der Waals surface area contributed by atoms with Gasteiger partial charge in [0.15, 0.2) is 0 Å². The van der Waals surface area contributed by atoms with Crippen molar-refractivity contribution in [3.8, 4) is 0 Å². The Bertz CT molecular complexity index is 428. The molecule has 1 aromatic carbocycles. The largest absolute Gasteiger partial charge is 0.481 e. The molecule has 1 amide bonds. The zero-order valence-corrected chi connectivity index (χ0v) is 10.9. The number of hydrogen-bond donors (Lipinski definition) is 3. The molecule has 0 saturated heterocycles. The molecule has 0 fully saturated rings. The van der Waals surface area contributed by atoms with Gasteiger partial charge in [-0.25, -0.2) is 0 Å². The highest BCUT2D eigenvalue weighted by Crippen LogP contribution is 2.13. The summed E-state index contributed by atoms with van der Waals surface area (Å²) < 4.78 is 0. The predicted molar refractivity (Wildman–Crippen MR) is 70.6 cm³/mol. The van der Waals surface area contributed by atoms with Crippen molar-refractivity contribution in [2.75, 3.05) is 6.54 Å². The van der Waals surface area contributed by atoms with Crippen LogP contribution in [0.2, 0.25) is 0 Å². The molecule has 5 heteroatoms.